The maximum atomic E-state index is 11.8. The molecule has 114 valence electrons. The second kappa shape index (κ2) is 6.97. The first kappa shape index (κ1) is 14.4. The van der Waals surface area contributed by atoms with Gasteiger partial charge in [-0.1, -0.05) is 38.2 Å². The van der Waals surface area contributed by atoms with E-state index in [0.717, 1.165) is 24.2 Å². The van der Waals surface area contributed by atoms with Gasteiger partial charge in [0.25, 0.3) is 0 Å². The van der Waals surface area contributed by atoms with Crippen LogP contribution in [-0.2, 0) is 4.79 Å². The molecule has 2 saturated carbocycles. The summed E-state index contributed by atoms with van der Waals surface area (Å²) in [5.41, 5.74) is 2.05. The fourth-order valence-corrected chi connectivity index (χ4v) is 3.11. The van der Waals surface area contributed by atoms with E-state index in [2.05, 4.69) is 22.8 Å². The van der Waals surface area contributed by atoms with E-state index in [1.165, 1.54) is 44.9 Å². The van der Waals surface area contributed by atoms with Crippen LogP contribution in [0.15, 0.2) is 24.3 Å². The molecule has 3 heteroatoms. The summed E-state index contributed by atoms with van der Waals surface area (Å²) in [6.45, 7) is 0. The molecule has 0 radical (unpaired) electrons. The van der Waals surface area contributed by atoms with E-state index in [9.17, 15) is 4.79 Å². The van der Waals surface area contributed by atoms with Crippen molar-refractivity contribution in [3.05, 3.63) is 24.3 Å². The first-order valence-corrected chi connectivity index (χ1v) is 8.49. The second-order valence-electron chi connectivity index (χ2n) is 6.53. The Balaban J connectivity index is 1.57. The van der Waals surface area contributed by atoms with Gasteiger partial charge >= 0.3 is 0 Å². The molecule has 0 heterocycles. The molecule has 3 nitrogen and oxygen atoms in total. The number of nitrogens with one attached hydrogen (secondary N) is 2. The molecule has 1 aromatic rings. The smallest absolute Gasteiger partial charge is 0.227 e. The van der Waals surface area contributed by atoms with Gasteiger partial charge in [0.15, 0.2) is 0 Å². The molecule has 1 aromatic carbocycles. The summed E-state index contributed by atoms with van der Waals surface area (Å²) in [4.78, 5) is 11.8. The summed E-state index contributed by atoms with van der Waals surface area (Å²) in [5, 5.41) is 6.68. The van der Waals surface area contributed by atoms with Crippen LogP contribution in [0, 0.1) is 5.92 Å². The highest BCUT2D eigenvalue weighted by molar-refractivity contribution is 5.94. The first-order chi connectivity index (χ1) is 10.3. The van der Waals surface area contributed by atoms with Crippen LogP contribution in [0.1, 0.15) is 57.8 Å². The molecule has 0 bridgehead atoms. The Bertz CT molecular complexity index is 474. The van der Waals surface area contributed by atoms with E-state index in [4.69, 9.17) is 0 Å². The lowest BCUT2D eigenvalue weighted by molar-refractivity contribution is -0.117. The van der Waals surface area contributed by atoms with E-state index in [-0.39, 0.29) is 11.8 Å². The number of carbonyl (C=O) groups excluding carboxylic acids is 1. The number of carbonyl (C=O) groups is 1. The summed E-state index contributed by atoms with van der Waals surface area (Å²) in [6.07, 6.45) is 11.4. The largest absolute Gasteiger partial charge is 0.382 e. The topological polar surface area (TPSA) is 41.1 Å². The highest BCUT2D eigenvalue weighted by Crippen LogP contribution is 2.30. The van der Waals surface area contributed by atoms with Gasteiger partial charge in [-0.15, -0.1) is 0 Å². The number of amides is 1. The van der Waals surface area contributed by atoms with E-state index in [1.54, 1.807) is 0 Å². The van der Waals surface area contributed by atoms with Crippen molar-refractivity contribution < 1.29 is 4.79 Å². The Labute approximate surface area is 127 Å². The Hall–Kier alpha value is -1.51. The minimum Gasteiger partial charge on any atom is -0.382 e. The number of anilines is 2. The van der Waals surface area contributed by atoms with Crippen molar-refractivity contribution >= 4 is 17.3 Å². The fraction of sp³-hybridized carbons (Fsp3) is 0.611. The van der Waals surface area contributed by atoms with E-state index < -0.39 is 0 Å². The maximum Gasteiger partial charge on any atom is 0.227 e. The molecular weight excluding hydrogens is 260 g/mol. The standard InChI is InChI=1S/C18H26N2O/c21-18(14-11-12-14)20-17-10-6-9-16(13-17)19-15-7-4-2-1-3-5-8-15/h6,9-10,13-15,19H,1-5,7-8,11-12H2,(H,20,21). The van der Waals surface area contributed by atoms with Gasteiger partial charge in [0, 0.05) is 23.3 Å². The minimum atomic E-state index is 0.179. The normalized spacial score (nSPS) is 20.4. The van der Waals surface area contributed by atoms with Crippen molar-refractivity contribution in [1.82, 2.24) is 0 Å². The average molecular weight is 286 g/mol. The zero-order chi connectivity index (χ0) is 14.5. The quantitative estimate of drug-likeness (QED) is 0.852. The SMILES string of the molecule is O=C(Nc1cccc(NC2CCCCCCC2)c1)C1CC1. The zero-order valence-corrected chi connectivity index (χ0v) is 12.7. The number of hydrogen-bond acceptors (Lipinski definition) is 2. The molecule has 0 atom stereocenters. The van der Waals surface area contributed by atoms with E-state index >= 15 is 0 Å². The molecule has 0 aromatic heterocycles. The van der Waals surface area contributed by atoms with Crippen LogP contribution >= 0.6 is 0 Å². The molecule has 0 saturated heterocycles. The average Bonchev–Trinajstić information content (AvgIpc) is 3.26. The second-order valence-corrected chi connectivity index (χ2v) is 6.53. The fourth-order valence-electron chi connectivity index (χ4n) is 3.11. The highest BCUT2D eigenvalue weighted by atomic mass is 16.2. The van der Waals surface area contributed by atoms with Crippen molar-refractivity contribution in [3.8, 4) is 0 Å². The van der Waals surface area contributed by atoms with Crippen molar-refractivity contribution in [2.24, 2.45) is 5.92 Å². The summed E-state index contributed by atoms with van der Waals surface area (Å²) >= 11 is 0. The van der Waals surface area contributed by atoms with Gasteiger partial charge in [-0.05, 0) is 43.9 Å². The number of benzene rings is 1. The summed E-state index contributed by atoms with van der Waals surface area (Å²) < 4.78 is 0. The summed E-state index contributed by atoms with van der Waals surface area (Å²) in [5.74, 6) is 0.435. The summed E-state index contributed by atoms with van der Waals surface area (Å²) in [6, 6.07) is 8.75. The zero-order valence-electron chi connectivity index (χ0n) is 12.7. The van der Waals surface area contributed by atoms with Gasteiger partial charge in [-0.3, -0.25) is 4.79 Å². The molecular formula is C18H26N2O. The number of hydrogen-bond donors (Lipinski definition) is 2. The van der Waals surface area contributed by atoms with Gasteiger partial charge in [-0.2, -0.15) is 0 Å². The van der Waals surface area contributed by atoms with Crippen LogP contribution in [0.4, 0.5) is 11.4 Å². The Morgan fingerprint density at radius 3 is 2.29 bits per heavy atom. The van der Waals surface area contributed by atoms with Crippen molar-refractivity contribution in [1.29, 1.82) is 0 Å². The van der Waals surface area contributed by atoms with E-state index in [1.807, 2.05) is 12.1 Å². The van der Waals surface area contributed by atoms with Gasteiger partial charge in [0.1, 0.15) is 0 Å². The Kier molecular flexibility index (Phi) is 4.79. The lowest BCUT2D eigenvalue weighted by atomic mass is 9.96. The molecule has 2 aliphatic carbocycles. The molecule has 1 amide bonds. The molecule has 3 rings (SSSR count). The van der Waals surface area contributed by atoms with Gasteiger partial charge in [0.2, 0.25) is 5.91 Å². The summed E-state index contributed by atoms with van der Waals surface area (Å²) in [7, 11) is 0. The Morgan fingerprint density at radius 2 is 1.57 bits per heavy atom. The minimum absolute atomic E-state index is 0.179. The van der Waals surface area contributed by atoms with Gasteiger partial charge in [-0.25, -0.2) is 0 Å². The van der Waals surface area contributed by atoms with Gasteiger partial charge < -0.3 is 10.6 Å². The molecule has 0 spiro atoms. The third-order valence-electron chi connectivity index (χ3n) is 4.55. The first-order valence-electron chi connectivity index (χ1n) is 8.49. The highest BCUT2D eigenvalue weighted by Gasteiger charge is 2.29. The van der Waals surface area contributed by atoms with Crippen LogP contribution in [0.3, 0.4) is 0 Å². The predicted molar refractivity (Wildman–Crippen MR) is 87.5 cm³/mol. The van der Waals surface area contributed by atoms with Crippen molar-refractivity contribution in [2.45, 2.75) is 63.8 Å². The molecule has 2 N–H and O–H groups in total. The van der Waals surface area contributed by atoms with Crippen molar-refractivity contribution in [3.63, 3.8) is 0 Å². The molecule has 2 fully saturated rings. The number of rotatable bonds is 4. The Morgan fingerprint density at radius 1 is 0.905 bits per heavy atom. The van der Waals surface area contributed by atoms with Crippen molar-refractivity contribution in [2.75, 3.05) is 10.6 Å². The van der Waals surface area contributed by atoms with Crippen LogP contribution < -0.4 is 10.6 Å². The third kappa shape index (κ3) is 4.48. The van der Waals surface area contributed by atoms with Crippen LogP contribution in [0.2, 0.25) is 0 Å². The maximum absolute atomic E-state index is 11.8. The van der Waals surface area contributed by atoms with Crippen LogP contribution in [-0.4, -0.2) is 11.9 Å². The van der Waals surface area contributed by atoms with Gasteiger partial charge in [0.05, 0.1) is 0 Å². The molecule has 21 heavy (non-hydrogen) atoms. The molecule has 0 aliphatic heterocycles. The lowest BCUT2D eigenvalue weighted by Crippen LogP contribution is -2.20. The van der Waals surface area contributed by atoms with E-state index in [0.29, 0.717) is 6.04 Å². The lowest BCUT2D eigenvalue weighted by Gasteiger charge is -2.22. The third-order valence-corrected chi connectivity index (χ3v) is 4.55. The molecule has 0 unspecified atom stereocenters. The van der Waals surface area contributed by atoms with Crippen LogP contribution in [0.25, 0.3) is 0 Å². The predicted octanol–water partition coefficient (Wildman–Crippen LogP) is 4.56. The molecule has 2 aliphatic rings. The monoisotopic (exact) mass is 286 g/mol. The van der Waals surface area contributed by atoms with Crippen LogP contribution in [0.5, 0.6) is 0 Å².